The molecule has 1 heterocycles. The molecule has 0 spiro atoms. The first-order valence-electron chi connectivity index (χ1n) is 5.40. The molecule has 1 atom stereocenters. The summed E-state index contributed by atoms with van der Waals surface area (Å²) < 4.78 is 0. The molecule has 17 heavy (non-hydrogen) atoms. The number of carboxylic acids is 2. The van der Waals surface area contributed by atoms with Crippen molar-refractivity contribution in [3.63, 3.8) is 0 Å². The minimum absolute atomic E-state index is 0.0653. The van der Waals surface area contributed by atoms with Crippen LogP contribution in [0.1, 0.15) is 19.3 Å². The molecular weight excluding hydrogens is 224 g/mol. The van der Waals surface area contributed by atoms with Gasteiger partial charge in [-0.2, -0.15) is 0 Å². The number of hydrogen-bond donors (Lipinski definition) is 4. The minimum Gasteiger partial charge on any atom is -0.480 e. The Labute approximate surface area is 100 Å². The molecule has 0 aliphatic carbocycles. The van der Waals surface area contributed by atoms with Crippen molar-refractivity contribution in [1.29, 1.82) is 0 Å². The molecule has 0 saturated carbocycles. The SMILES string of the molecule is C#CCNCC(=O)O.O=C(O)C1CCCCN1. The maximum atomic E-state index is 10.3. The second-order valence-corrected chi connectivity index (χ2v) is 3.54. The fraction of sp³-hybridized carbons (Fsp3) is 0.636. The molecule has 1 unspecified atom stereocenters. The lowest BCUT2D eigenvalue weighted by Gasteiger charge is -2.18. The van der Waals surface area contributed by atoms with Gasteiger partial charge < -0.3 is 15.5 Å². The molecule has 1 saturated heterocycles. The van der Waals surface area contributed by atoms with Crippen LogP contribution >= 0.6 is 0 Å². The van der Waals surface area contributed by atoms with Gasteiger partial charge in [-0.05, 0) is 19.4 Å². The third kappa shape index (κ3) is 9.35. The minimum atomic E-state index is -0.889. The third-order valence-electron chi connectivity index (χ3n) is 2.11. The van der Waals surface area contributed by atoms with Gasteiger partial charge >= 0.3 is 11.9 Å². The number of piperidine rings is 1. The molecule has 0 aromatic rings. The molecule has 1 aliphatic heterocycles. The first-order chi connectivity index (χ1) is 8.07. The summed E-state index contributed by atoms with van der Waals surface area (Å²) in [4.78, 5) is 20.0. The average molecular weight is 242 g/mol. The Hall–Kier alpha value is -1.58. The molecule has 1 rings (SSSR count). The molecule has 6 nitrogen and oxygen atoms in total. The van der Waals surface area contributed by atoms with E-state index in [4.69, 9.17) is 16.6 Å². The molecule has 6 heteroatoms. The van der Waals surface area contributed by atoms with Gasteiger partial charge in [0.25, 0.3) is 0 Å². The Bertz CT molecular complexity index is 280. The number of rotatable bonds is 4. The third-order valence-corrected chi connectivity index (χ3v) is 2.11. The highest BCUT2D eigenvalue weighted by Crippen LogP contribution is 2.05. The van der Waals surface area contributed by atoms with Crippen LogP contribution in [0, 0.1) is 12.3 Å². The van der Waals surface area contributed by atoms with Crippen molar-refractivity contribution in [2.75, 3.05) is 19.6 Å². The predicted molar refractivity (Wildman–Crippen MR) is 62.6 cm³/mol. The van der Waals surface area contributed by atoms with Gasteiger partial charge in [0.2, 0.25) is 0 Å². The number of nitrogens with one attached hydrogen (secondary N) is 2. The van der Waals surface area contributed by atoms with Crippen LogP contribution in [0.25, 0.3) is 0 Å². The summed E-state index contributed by atoms with van der Waals surface area (Å²) in [6.45, 7) is 1.10. The zero-order valence-electron chi connectivity index (χ0n) is 9.61. The summed E-state index contributed by atoms with van der Waals surface area (Å²) in [5.41, 5.74) is 0. The molecule has 0 aromatic carbocycles. The van der Waals surface area contributed by atoms with Gasteiger partial charge in [0, 0.05) is 0 Å². The highest BCUT2D eigenvalue weighted by molar-refractivity contribution is 5.73. The van der Waals surface area contributed by atoms with Gasteiger partial charge in [-0.15, -0.1) is 6.42 Å². The Kier molecular flexibility index (Phi) is 8.74. The van der Waals surface area contributed by atoms with Crippen molar-refractivity contribution in [2.24, 2.45) is 0 Å². The van der Waals surface area contributed by atoms with Crippen molar-refractivity contribution in [1.82, 2.24) is 10.6 Å². The van der Waals surface area contributed by atoms with Crippen molar-refractivity contribution < 1.29 is 19.8 Å². The Morgan fingerprint density at radius 3 is 2.47 bits per heavy atom. The molecule has 4 N–H and O–H groups in total. The lowest BCUT2D eigenvalue weighted by molar-refractivity contribution is -0.140. The molecule has 96 valence electrons. The monoisotopic (exact) mass is 242 g/mol. The first-order valence-corrected chi connectivity index (χ1v) is 5.40. The zero-order valence-corrected chi connectivity index (χ0v) is 9.61. The molecule has 0 aromatic heterocycles. The molecular formula is C11H18N2O4. The van der Waals surface area contributed by atoms with E-state index in [9.17, 15) is 9.59 Å². The van der Waals surface area contributed by atoms with Crippen molar-refractivity contribution >= 4 is 11.9 Å². The summed E-state index contributed by atoms with van der Waals surface area (Å²) >= 11 is 0. The van der Waals surface area contributed by atoms with E-state index >= 15 is 0 Å². The zero-order chi connectivity index (χ0) is 13.1. The fourth-order valence-corrected chi connectivity index (χ4v) is 1.30. The van der Waals surface area contributed by atoms with Crippen LogP contribution in [0.4, 0.5) is 0 Å². The Balaban J connectivity index is 0.000000304. The Morgan fingerprint density at radius 2 is 2.12 bits per heavy atom. The second-order valence-electron chi connectivity index (χ2n) is 3.54. The summed E-state index contributed by atoms with van der Waals surface area (Å²) in [5.74, 6) is 0.647. The maximum absolute atomic E-state index is 10.3. The van der Waals surface area contributed by atoms with E-state index in [1.165, 1.54) is 0 Å². The quantitative estimate of drug-likeness (QED) is 0.392. The number of carboxylic acid groups (broad SMARTS) is 2. The average Bonchev–Trinajstić information content (AvgIpc) is 2.31. The van der Waals surface area contributed by atoms with Crippen molar-refractivity contribution in [3.8, 4) is 12.3 Å². The number of carbonyl (C=O) groups is 2. The van der Waals surface area contributed by atoms with Gasteiger partial charge in [0.15, 0.2) is 0 Å². The summed E-state index contributed by atoms with van der Waals surface area (Å²) in [6, 6.07) is -0.279. The van der Waals surface area contributed by atoms with Crippen LogP contribution in [0.3, 0.4) is 0 Å². The van der Waals surface area contributed by atoms with Crippen molar-refractivity contribution in [2.45, 2.75) is 25.3 Å². The van der Waals surface area contributed by atoms with E-state index in [0.717, 1.165) is 25.8 Å². The molecule has 0 amide bonds. The number of aliphatic carboxylic acids is 2. The van der Waals surface area contributed by atoms with E-state index in [1.54, 1.807) is 0 Å². The largest absolute Gasteiger partial charge is 0.480 e. The van der Waals surface area contributed by atoms with E-state index in [0.29, 0.717) is 6.54 Å². The van der Waals surface area contributed by atoms with Gasteiger partial charge in [0.05, 0.1) is 13.1 Å². The van der Waals surface area contributed by atoms with E-state index < -0.39 is 11.9 Å². The van der Waals surface area contributed by atoms with Crippen LogP contribution in [-0.4, -0.2) is 47.8 Å². The van der Waals surface area contributed by atoms with Crippen LogP contribution in [0.15, 0.2) is 0 Å². The van der Waals surface area contributed by atoms with Gasteiger partial charge in [0.1, 0.15) is 6.04 Å². The number of hydrogen-bond acceptors (Lipinski definition) is 4. The molecule has 0 radical (unpaired) electrons. The summed E-state index contributed by atoms with van der Waals surface area (Å²) in [7, 11) is 0. The van der Waals surface area contributed by atoms with Gasteiger partial charge in [-0.25, -0.2) is 0 Å². The Morgan fingerprint density at radius 1 is 1.41 bits per heavy atom. The standard InChI is InChI=1S/C6H11NO2.C5H7NO2/c8-6(9)5-3-1-2-4-7-5;1-2-3-6-4-5(7)8/h5,7H,1-4H2,(H,8,9);1,6H,3-4H2,(H,7,8). The number of terminal acetylenes is 1. The summed E-state index contributed by atoms with van der Waals surface area (Å²) in [6.07, 6.45) is 7.76. The lowest BCUT2D eigenvalue weighted by atomic mass is 10.1. The lowest BCUT2D eigenvalue weighted by Crippen LogP contribution is -2.40. The highest BCUT2D eigenvalue weighted by Gasteiger charge is 2.18. The highest BCUT2D eigenvalue weighted by atomic mass is 16.4. The molecule has 1 aliphatic rings. The van der Waals surface area contributed by atoms with Crippen LogP contribution in [-0.2, 0) is 9.59 Å². The molecule has 0 bridgehead atoms. The summed E-state index contributed by atoms with van der Waals surface area (Å²) in [5, 5.41) is 21.9. The predicted octanol–water partition coefficient (Wildman–Crippen LogP) is -0.493. The van der Waals surface area contributed by atoms with Gasteiger partial charge in [-0.1, -0.05) is 12.3 Å². The first kappa shape index (κ1) is 15.4. The van der Waals surface area contributed by atoms with Crippen molar-refractivity contribution in [3.05, 3.63) is 0 Å². The van der Waals surface area contributed by atoms with Crippen LogP contribution in [0.5, 0.6) is 0 Å². The fourth-order valence-electron chi connectivity index (χ4n) is 1.30. The van der Waals surface area contributed by atoms with E-state index in [-0.39, 0.29) is 12.6 Å². The van der Waals surface area contributed by atoms with Crippen LogP contribution in [0.2, 0.25) is 0 Å². The van der Waals surface area contributed by atoms with E-state index in [1.807, 2.05) is 0 Å². The second kappa shape index (κ2) is 9.63. The van der Waals surface area contributed by atoms with Crippen LogP contribution < -0.4 is 10.6 Å². The molecule has 1 fully saturated rings. The maximum Gasteiger partial charge on any atom is 0.320 e. The van der Waals surface area contributed by atoms with E-state index in [2.05, 4.69) is 16.6 Å². The normalized spacial score (nSPS) is 18.4. The smallest absolute Gasteiger partial charge is 0.320 e. The van der Waals surface area contributed by atoms with Gasteiger partial charge in [-0.3, -0.25) is 14.9 Å². The topological polar surface area (TPSA) is 98.7 Å².